The van der Waals surface area contributed by atoms with Gasteiger partial charge in [0.15, 0.2) is 0 Å². The lowest BCUT2D eigenvalue weighted by molar-refractivity contribution is -0.136. The number of carbonyl (C=O) groups excluding carboxylic acids is 1. The number of amides is 1. The predicted molar refractivity (Wildman–Crippen MR) is 116 cm³/mol. The third kappa shape index (κ3) is 4.23. The number of hydrogen-bond donors (Lipinski definition) is 1. The van der Waals surface area contributed by atoms with Gasteiger partial charge in [-0.1, -0.05) is 57.5 Å². The summed E-state index contributed by atoms with van der Waals surface area (Å²) >= 11 is 0. The van der Waals surface area contributed by atoms with E-state index >= 15 is 0 Å². The Kier molecular flexibility index (Phi) is 6.70. The van der Waals surface area contributed by atoms with Gasteiger partial charge in [0.25, 0.3) is 0 Å². The molecule has 7 heteroatoms. The Morgan fingerprint density at radius 3 is 2.31 bits per heavy atom. The van der Waals surface area contributed by atoms with Crippen LogP contribution in [-0.4, -0.2) is 54.1 Å². The van der Waals surface area contributed by atoms with Gasteiger partial charge in [0, 0.05) is 13.1 Å². The molecule has 0 aromatic heterocycles. The molecule has 1 amide bonds. The Morgan fingerprint density at radius 2 is 1.76 bits per heavy atom. The minimum Gasteiger partial charge on any atom is -0.316 e. The molecule has 6 nitrogen and oxygen atoms in total. The molecule has 29 heavy (non-hydrogen) atoms. The summed E-state index contributed by atoms with van der Waals surface area (Å²) < 4.78 is 26.7. The van der Waals surface area contributed by atoms with Crippen LogP contribution in [0.1, 0.15) is 65.0 Å². The summed E-state index contributed by atoms with van der Waals surface area (Å²) in [4.78, 5) is 15.5. The lowest BCUT2D eigenvalue weighted by Gasteiger charge is -2.46. The van der Waals surface area contributed by atoms with E-state index in [1.165, 1.54) is 0 Å². The molecule has 0 saturated carbocycles. The summed E-state index contributed by atoms with van der Waals surface area (Å²) in [5.74, 6) is 0.557. The van der Waals surface area contributed by atoms with E-state index in [1.54, 1.807) is 4.31 Å². The van der Waals surface area contributed by atoms with Crippen LogP contribution in [-0.2, 0) is 14.8 Å². The Morgan fingerprint density at radius 1 is 1.14 bits per heavy atom. The first-order valence-electron chi connectivity index (χ1n) is 10.9. The molecular formula is C22H35N3O3S. The van der Waals surface area contributed by atoms with E-state index in [1.807, 2.05) is 30.0 Å². The molecule has 0 bridgehead atoms. The summed E-state index contributed by atoms with van der Waals surface area (Å²) in [7, 11) is -3.22. The highest BCUT2D eigenvalue weighted by molar-refractivity contribution is 7.89. The number of carbonyl (C=O) groups is 1. The van der Waals surface area contributed by atoms with Crippen LogP contribution >= 0.6 is 0 Å². The molecule has 0 radical (unpaired) electrons. The van der Waals surface area contributed by atoms with Crippen LogP contribution < -0.4 is 5.32 Å². The van der Waals surface area contributed by atoms with Crippen molar-refractivity contribution in [2.45, 2.75) is 71.1 Å². The Bertz CT molecular complexity index is 804. The molecule has 3 unspecified atom stereocenters. The van der Waals surface area contributed by atoms with Crippen molar-refractivity contribution >= 4 is 15.9 Å². The fourth-order valence-corrected chi connectivity index (χ4v) is 6.26. The minimum absolute atomic E-state index is 0.0657. The van der Waals surface area contributed by atoms with Crippen molar-refractivity contribution in [2.75, 3.05) is 18.8 Å². The van der Waals surface area contributed by atoms with Gasteiger partial charge in [0.1, 0.15) is 0 Å². The van der Waals surface area contributed by atoms with Gasteiger partial charge >= 0.3 is 0 Å². The van der Waals surface area contributed by atoms with E-state index in [2.05, 4.69) is 38.2 Å². The monoisotopic (exact) mass is 421 g/mol. The van der Waals surface area contributed by atoms with Crippen molar-refractivity contribution in [2.24, 2.45) is 5.92 Å². The molecule has 3 rings (SSSR count). The number of sulfonamides is 1. The average Bonchev–Trinajstić information content (AvgIpc) is 2.99. The SMILES string of the molecule is CCCS(=O)(=O)N1CCC2(CC1)NC(C(C)CC)C(=O)N2C(C)c1ccccc1. The maximum absolute atomic E-state index is 13.5. The largest absolute Gasteiger partial charge is 0.316 e. The van der Waals surface area contributed by atoms with Gasteiger partial charge < -0.3 is 4.90 Å². The molecule has 2 heterocycles. The minimum atomic E-state index is -3.22. The van der Waals surface area contributed by atoms with E-state index in [0.29, 0.717) is 32.4 Å². The number of piperidine rings is 1. The number of nitrogens with one attached hydrogen (secondary N) is 1. The van der Waals surface area contributed by atoms with Crippen molar-refractivity contribution in [3.05, 3.63) is 35.9 Å². The topological polar surface area (TPSA) is 69.7 Å². The van der Waals surface area contributed by atoms with E-state index < -0.39 is 15.7 Å². The van der Waals surface area contributed by atoms with E-state index in [9.17, 15) is 13.2 Å². The number of rotatable bonds is 7. The molecule has 1 N–H and O–H groups in total. The highest BCUT2D eigenvalue weighted by atomic mass is 32.2. The van der Waals surface area contributed by atoms with Gasteiger partial charge in [-0.05, 0) is 37.7 Å². The van der Waals surface area contributed by atoms with Gasteiger partial charge in [-0.15, -0.1) is 0 Å². The van der Waals surface area contributed by atoms with Gasteiger partial charge in [-0.3, -0.25) is 10.1 Å². The molecule has 1 spiro atoms. The Balaban J connectivity index is 1.89. The van der Waals surface area contributed by atoms with Crippen molar-refractivity contribution < 1.29 is 13.2 Å². The zero-order valence-electron chi connectivity index (χ0n) is 18.1. The molecule has 3 atom stereocenters. The molecule has 2 saturated heterocycles. The molecule has 2 aliphatic heterocycles. The standard InChI is InChI=1S/C22H35N3O3S/c1-5-16-29(27,28)24-14-12-22(13-15-24)23-20(17(3)6-2)21(26)25(22)18(4)19-10-8-7-9-11-19/h7-11,17-18,20,23H,5-6,12-16H2,1-4H3. The lowest BCUT2D eigenvalue weighted by atomic mass is 9.94. The lowest BCUT2D eigenvalue weighted by Crippen LogP contribution is -2.60. The third-order valence-corrected chi connectivity index (χ3v) is 8.75. The molecule has 0 aliphatic carbocycles. The average molecular weight is 422 g/mol. The molecule has 2 aliphatic rings. The molecule has 1 aromatic carbocycles. The van der Waals surface area contributed by atoms with Gasteiger partial charge in [0.2, 0.25) is 15.9 Å². The first-order valence-corrected chi connectivity index (χ1v) is 12.5. The maximum Gasteiger partial charge on any atom is 0.242 e. The van der Waals surface area contributed by atoms with E-state index in [4.69, 9.17) is 0 Å². The van der Waals surface area contributed by atoms with Crippen molar-refractivity contribution in [1.82, 2.24) is 14.5 Å². The van der Waals surface area contributed by atoms with Crippen LogP contribution in [0, 0.1) is 5.92 Å². The van der Waals surface area contributed by atoms with Crippen molar-refractivity contribution in [3.8, 4) is 0 Å². The molecule has 2 fully saturated rings. The smallest absolute Gasteiger partial charge is 0.242 e. The highest BCUT2D eigenvalue weighted by Gasteiger charge is 2.54. The summed E-state index contributed by atoms with van der Waals surface area (Å²) in [6, 6.07) is 9.81. The quantitative estimate of drug-likeness (QED) is 0.734. The van der Waals surface area contributed by atoms with Gasteiger partial charge in [0.05, 0.1) is 23.5 Å². The summed E-state index contributed by atoms with van der Waals surface area (Å²) in [6.45, 7) is 9.09. The van der Waals surface area contributed by atoms with Crippen LogP contribution in [0.15, 0.2) is 30.3 Å². The first kappa shape index (κ1) is 22.2. The summed E-state index contributed by atoms with van der Waals surface area (Å²) in [6.07, 6.45) is 2.77. The third-order valence-electron chi connectivity index (χ3n) is 6.68. The molecular weight excluding hydrogens is 386 g/mol. The first-order chi connectivity index (χ1) is 13.8. The number of nitrogens with zero attached hydrogens (tertiary/aromatic N) is 2. The zero-order chi connectivity index (χ0) is 21.2. The van der Waals surface area contributed by atoms with Crippen LogP contribution in [0.2, 0.25) is 0 Å². The fraction of sp³-hybridized carbons (Fsp3) is 0.682. The second-order valence-electron chi connectivity index (χ2n) is 8.55. The van der Waals surface area contributed by atoms with Crippen LogP contribution in [0.3, 0.4) is 0 Å². The predicted octanol–water partition coefficient (Wildman–Crippen LogP) is 3.13. The van der Waals surface area contributed by atoms with Crippen molar-refractivity contribution in [1.29, 1.82) is 0 Å². The zero-order valence-corrected chi connectivity index (χ0v) is 18.9. The van der Waals surface area contributed by atoms with E-state index in [-0.39, 0.29) is 29.7 Å². The number of hydrogen-bond acceptors (Lipinski definition) is 4. The van der Waals surface area contributed by atoms with Crippen LogP contribution in [0.25, 0.3) is 0 Å². The summed E-state index contributed by atoms with van der Waals surface area (Å²) in [5.41, 5.74) is 0.617. The van der Waals surface area contributed by atoms with Crippen molar-refractivity contribution in [3.63, 3.8) is 0 Å². The van der Waals surface area contributed by atoms with Gasteiger partial charge in [-0.2, -0.15) is 0 Å². The molecule has 1 aromatic rings. The van der Waals surface area contributed by atoms with Gasteiger partial charge in [-0.25, -0.2) is 12.7 Å². The highest BCUT2D eigenvalue weighted by Crippen LogP contribution is 2.40. The summed E-state index contributed by atoms with van der Waals surface area (Å²) in [5, 5.41) is 3.67. The normalized spacial score (nSPS) is 24.8. The molecule has 162 valence electrons. The van der Waals surface area contributed by atoms with Crippen LogP contribution in [0.4, 0.5) is 0 Å². The fourth-order valence-electron chi connectivity index (χ4n) is 4.75. The number of benzene rings is 1. The van der Waals surface area contributed by atoms with E-state index in [0.717, 1.165) is 12.0 Å². The maximum atomic E-state index is 13.5. The Labute approximate surface area is 175 Å². The second-order valence-corrected chi connectivity index (χ2v) is 10.6. The second kappa shape index (κ2) is 8.74. The van der Waals surface area contributed by atoms with Crippen LogP contribution in [0.5, 0.6) is 0 Å². The Hall–Kier alpha value is -1.44.